The van der Waals surface area contributed by atoms with Crippen molar-refractivity contribution >= 4 is 11.8 Å². The van der Waals surface area contributed by atoms with Gasteiger partial charge in [-0.15, -0.1) is 0 Å². The Kier molecular flexibility index (Phi) is 9.60. The van der Waals surface area contributed by atoms with Crippen LogP contribution in [-0.4, -0.2) is 16.7 Å². The number of hydrogen-bond donors (Lipinski definition) is 0. The average molecular weight is 514 g/mol. The highest BCUT2D eigenvalue weighted by Gasteiger charge is 2.49. The van der Waals surface area contributed by atoms with Gasteiger partial charge in [0.1, 0.15) is 0 Å². The molecule has 0 N–H and O–H groups in total. The minimum Gasteiger partial charge on any atom is -0.472 e. The molecule has 0 bridgehead atoms. The molecule has 202 valence electrons. The van der Waals surface area contributed by atoms with E-state index in [4.69, 9.17) is 4.42 Å². The highest BCUT2D eigenvalue weighted by Crippen LogP contribution is 2.48. The van der Waals surface area contributed by atoms with E-state index >= 15 is 0 Å². The maximum absolute atomic E-state index is 13.8. The normalized spacial score (nSPS) is 18.9. The lowest BCUT2D eigenvalue weighted by atomic mass is 9.65. The zero-order valence-electron chi connectivity index (χ0n) is 23.3. The SMILES string of the molecule is CCC(CCCCC(C)c1ccccc1)(CCC(C)c1ccccc1)C1CC(=O)N(Cc2ccoc2)C1=O. The van der Waals surface area contributed by atoms with Crippen LogP contribution in [-0.2, 0) is 16.1 Å². The Hall–Kier alpha value is -3.14. The summed E-state index contributed by atoms with van der Waals surface area (Å²) in [7, 11) is 0. The van der Waals surface area contributed by atoms with E-state index in [1.807, 2.05) is 6.07 Å². The largest absolute Gasteiger partial charge is 0.472 e. The van der Waals surface area contributed by atoms with Crippen molar-refractivity contribution in [1.82, 2.24) is 4.90 Å². The third-order valence-electron chi connectivity index (χ3n) is 8.98. The third-order valence-corrected chi connectivity index (χ3v) is 8.98. The van der Waals surface area contributed by atoms with Gasteiger partial charge in [-0.05, 0) is 66.5 Å². The molecule has 1 aromatic heterocycles. The van der Waals surface area contributed by atoms with E-state index in [2.05, 4.69) is 81.4 Å². The molecule has 4 atom stereocenters. The Morgan fingerprint density at radius 3 is 2.08 bits per heavy atom. The van der Waals surface area contributed by atoms with Gasteiger partial charge in [-0.3, -0.25) is 14.5 Å². The summed E-state index contributed by atoms with van der Waals surface area (Å²) in [6, 6.07) is 23.2. The van der Waals surface area contributed by atoms with Gasteiger partial charge in [0.15, 0.2) is 0 Å². The van der Waals surface area contributed by atoms with Crippen molar-refractivity contribution < 1.29 is 14.0 Å². The van der Waals surface area contributed by atoms with Crippen LogP contribution in [0.2, 0.25) is 0 Å². The molecule has 2 heterocycles. The summed E-state index contributed by atoms with van der Waals surface area (Å²) in [5, 5.41) is 0. The van der Waals surface area contributed by atoms with Crippen LogP contribution in [0.3, 0.4) is 0 Å². The monoisotopic (exact) mass is 513 g/mol. The lowest BCUT2D eigenvalue weighted by Crippen LogP contribution is -2.37. The number of furan rings is 1. The van der Waals surface area contributed by atoms with Crippen molar-refractivity contribution in [1.29, 1.82) is 0 Å². The number of carbonyl (C=O) groups excluding carboxylic acids is 2. The van der Waals surface area contributed by atoms with E-state index in [1.54, 1.807) is 12.5 Å². The number of rotatable bonds is 14. The van der Waals surface area contributed by atoms with Gasteiger partial charge in [-0.1, -0.05) is 94.3 Å². The molecule has 1 fully saturated rings. The maximum Gasteiger partial charge on any atom is 0.233 e. The number of nitrogens with zero attached hydrogens (tertiary/aromatic N) is 1. The van der Waals surface area contributed by atoms with Gasteiger partial charge in [0.25, 0.3) is 0 Å². The molecule has 4 heteroatoms. The number of carbonyl (C=O) groups is 2. The number of benzene rings is 2. The summed E-state index contributed by atoms with van der Waals surface area (Å²) >= 11 is 0. The number of hydrogen-bond acceptors (Lipinski definition) is 3. The first-order valence-electron chi connectivity index (χ1n) is 14.4. The number of unbranched alkanes of at least 4 members (excludes halogenated alkanes) is 1. The van der Waals surface area contributed by atoms with Gasteiger partial charge >= 0.3 is 0 Å². The van der Waals surface area contributed by atoms with Crippen LogP contribution in [0.1, 0.15) is 101 Å². The standard InChI is InChI=1S/C34H43NO3/c1-4-34(21-18-27(3)30-16-9-6-10-17-30,20-12-11-13-26(2)29-14-7-5-8-15-29)31-23-32(36)35(33(31)37)24-28-19-22-38-25-28/h5-10,14-17,19,22,25-27,31H,4,11-13,18,20-21,23-24H2,1-3H3. The number of likely N-dealkylation sites (tertiary alicyclic amines) is 1. The fourth-order valence-corrected chi connectivity index (χ4v) is 6.29. The molecule has 0 radical (unpaired) electrons. The Balaban J connectivity index is 1.47. The van der Waals surface area contributed by atoms with Gasteiger partial charge < -0.3 is 4.42 Å². The summed E-state index contributed by atoms with van der Waals surface area (Å²) in [6.07, 6.45) is 10.7. The lowest BCUT2D eigenvalue weighted by molar-refractivity contribution is -0.141. The second-order valence-corrected chi connectivity index (χ2v) is 11.3. The molecule has 1 aliphatic rings. The quantitative estimate of drug-likeness (QED) is 0.160. The molecule has 1 aliphatic heterocycles. The molecule has 4 nitrogen and oxygen atoms in total. The summed E-state index contributed by atoms with van der Waals surface area (Å²) < 4.78 is 5.18. The Labute approximate surface area is 228 Å². The van der Waals surface area contributed by atoms with Crippen LogP contribution in [0.25, 0.3) is 0 Å². The van der Waals surface area contributed by atoms with Crippen LogP contribution in [0, 0.1) is 11.3 Å². The zero-order valence-corrected chi connectivity index (χ0v) is 23.3. The third kappa shape index (κ3) is 6.64. The molecular formula is C34H43NO3. The maximum atomic E-state index is 13.8. The number of amides is 2. The molecule has 38 heavy (non-hydrogen) atoms. The Morgan fingerprint density at radius 1 is 0.868 bits per heavy atom. The first-order chi connectivity index (χ1) is 18.4. The molecular weight excluding hydrogens is 470 g/mol. The van der Waals surface area contributed by atoms with Crippen molar-refractivity contribution in [2.45, 2.75) is 90.5 Å². The predicted molar refractivity (Wildman–Crippen MR) is 153 cm³/mol. The second kappa shape index (κ2) is 13.1. The van der Waals surface area contributed by atoms with Crippen molar-refractivity contribution in [3.05, 3.63) is 95.9 Å². The predicted octanol–water partition coefficient (Wildman–Crippen LogP) is 8.50. The van der Waals surface area contributed by atoms with E-state index in [0.717, 1.165) is 50.5 Å². The fraction of sp³-hybridized carbons (Fsp3) is 0.471. The van der Waals surface area contributed by atoms with Crippen molar-refractivity contribution in [2.24, 2.45) is 11.3 Å². The zero-order chi connectivity index (χ0) is 27.0. The molecule has 0 saturated carbocycles. The minimum atomic E-state index is -0.249. The summed E-state index contributed by atoms with van der Waals surface area (Å²) in [5.41, 5.74) is 3.42. The molecule has 2 aromatic carbocycles. The lowest BCUT2D eigenvalue weighted by Gasteiger charge is -2.38. The van der Waals surface area contributed by atoms with Gasteiger partial charge in [-0.25, -0.2) is 0 Å². The Bertz CT molecular complexity index is 1140. The second-order valence-electron chi connectivity index (χ2n) is 11.3. The van der Waals surface area contributed by atoms with Gasteiger partial charge in [0.05, 0.1) is 25.0 Å². The van der Waals surface area contributed by atoms with Gasteiger partial charge in [0.2, 0.25) is 11.8 Å². The van der Waals surface area contributed by atoms with Gasteiger partial charge in [0, 0.05) is 12.0 Å². The van der Waals surface area contributed by atoms with E-state index in [1.165, 1.54) is 16.0 Å². The number of imide groups is 1. The van der Waals surface area contributed by atoms with E-state index < -0.39 is 0 Å². The van der Waals surface area contributed by atoms with Crippen LogP contribution < -0.4 is 0 Å². The van der Waals surface area contributed by atoms with E-state index in [-0.39, 0.29) is 23.1 Å². The minimum absolute atomic E-state index is 0.00284. The molecule has 0 aliphatic carbocycles. The molecule has 4 unspecified atom stereocenters. The highest BCUT2D eigenvalue weighted by atomic mass is 16.3. The van der Waals surface area contributed by atoms with Crippen LogP contribution in [0.5, 0.6) is 0 Å². The summed E-state index contributed by atoms with van der Waals surface area (Å²) in [5.74, 6) is 0.636. The summed E-state index contributed by atoms with van der Waals surface area (Å²) in [6.45, 7) is 7.11. The first-order valence-corrected chi connectivity index (χ1v) is 14.4. The highest BCUT2D eigenvalue weighted by molar-refractivity contribution is 6.03. The molecule has 2 amide bonds. The molecule has 4 rings (SSSR count). The van der Waals surface area contributed by atoms with E-state index in [9.17, 15) is 9.59 Å². The summed E-state index contributed by atoms with van der Waals surface area (Å²) in [4.78, 5) is 28.3. The van der Waals surface area contributed by atoms with Gasteiger partial charge in [-0.2, -0.15) is 0 Å². The van der Waals surface area contributed by atoms with E-state index in [0.29, 0.717) is 24.8 Å². The topological polar surface area (TPSA) is 50.5 Å². The molecule has 3 aromatic rings. The van der Waals surface area contributed by atoms with Crippen molar-refractivity contribution in [2.75, 3.05) is 0 Å². The molecule has 0 spiro atoms. The van der Waals surface area contributed by atoms with Crippen molar-refractivity contribution in [3.63, 3.8) is 0 Å². The Morgan fingerprint density at radius 2 is 1.50 bits per heavy atom. The molecule has 1 saturated heterocycles. The fourth-order valence-electron chi connectivity index (χ4n) is 6.29. The average Bonchev–Trinajstić information content (AvgIpc) is 3.58. The van der Waals surface area contributed by atoms with Crippen molar-refractivity contribution in [3.8, 4) is 0 Å². The van der Waals surface area contributed by atoms with Crippen LogP contribution in [0.15, 0.2) is 83.7 Å². The first kappa shape index (κ1) is 27.9. The van der Waals surface area contributed by atoms with Crippen LogP contribution >= 0.6 is 0 Å². The van der Waals surface area contributed by atoms with Crippen LogP contribution in [0.4, 0.5) is 0 Å². The smallest absolute Gasteiger partial charge is 0.233 e.